The minimum Gasteiger partial charge on any atom is -0.313 e. The zero-order chi connectivity index (χ0) is 13.8. The highest BCUT2D eigenvalue weighted by atomic mass is 35.5. The monoisotopic (exact) mass is 293 g/mol. The molecule has 0 aliphatic heterocycles. The molecule has 2 aromatic rings. The molecule has 0 aliphatic carbocycles. The van der Waals surface area contributed by atoms with E-state index in [1.54, 1.807) is 0 Å². The predicted octanol–water partition coefficient (Wildman–Crippen LogP) is 4.78. The van der Waals surface area contributed by atoms with Crippen LogP contribution in [0.4, 0.5) is 0 Å². The number of likely N-dealkylation sites (N-methyl/N-ethyl adjacent to an activating group) is 1. The van der Waals surface area contributed by atoms with E-state index in [2.05, 4.69) is 37.4 Å². The van der Waals surface area contributed by atoms with Crippen LogP contribution in [-0.4, -0.2) is 7.05 Å². The molecule has 19 heavy (non-hydrogen) atoms. The molecule has 1 nitrogen and oxygen atoms in total. The van der Waals surface area contributed by atoms with Crippen LogP contribution in [0.5, 0.6) is 0 Å². The molecule has 0 radical (unpaired) electrons. The van der Waals surface area contributed by atoms with E-state index in [1.165, 1.54) is 20.9 Å². The normalized spacial score (nSPS) is 12.6. The Morgan fingerprint density at radius 2 is 1.95 bits per heavy atom. The number of aryl methyl sites for hydroxylation is 1. The summed E-state index contributed by atoms with van der Waals surface area (Å²) in [4.78, 5) is 2.88. The van der Waals surface area contributed by atoms with Gasteiger partial charge in [-0.05, 0) is 49.7 Å². The topological polar surface area (TPSA) is 12.0 Å². The molecule has 0 aliphatic rings. The first-order valence-corrected chi connectivity index (χ1v) is 7.85. The van der Waals surface area contributed by atoms with Gasteiger partial charge in [-0.25, -0.2) is 0 Å². The summed E-state index contributed by atoms with van der Waals surface area (Å²) in [6, 6.07) is 10.9. The summed E-state index contributed by atoms with van der Waals surface area (Å²) < 4.78 is 0. The molecular weight excluding hydrogens is 274 g/mol. The van der Waals surface area contributed by atoms with Crippen LogP contribution in [0.2, 0.25) is 5.02 Å². The maximum atomic E-state index is 6.22. The van der Waals surface area contributed by atoms with Crippen molar-refractivity contribution < 1.29 is 0 Å². The lowest BCUT2D eigenvalue weighted by molar-refractivity contribution is 0.593. The van der Waals surface area contributed by atoms with Gasteiger partial charge in [0.05, 0.1) is 0 Å². The molecule has 102 valence electrons. The zero-order valence-electron chi connectivity index (χ0n) is 11.7. The third-order valence-electron chi connectivity index (χ3n) is 3.50. The van der Waals surface area contributed by atoms with E-state index in [0.717, 1.165) is 17.9 Å². The van der Waals surface area contributed by atoms with Gasteiger partial charge in [-0.3, -0.25) is 0 Å². The van der Waals surface area contributed by atoms with Crippen molar-refractivity contribution in [2.45, 2.75) is 32.7 Å². The van der Waals surface area contributed by atoms with Crippen LogP contribution in [0.3, 0.4) is 0 Å². The lowest BCUT2D eigenvalue weighted by Gasteiger charge is -2.19. The summed E-state index contributed by atoms with van der Waals surface area (Å²) in [6.45, 7) is 4.29. The maximum Gasteiger partial charge on any atom is 0.0438 e. The number of hydrogen-bond donors (Lipinski definition) is 1. The molecule has 1 unspecified atom stereocenters. The second-order valence-corrected chi connectivity index (χ2v) is 6.38. The zero-order valence-corrected chi connectivity index (χ0v) is 13.2. The molecule has 0 saturated heterocycles. The van der Waals surface area contributed by atoms with Gasteiger partial charge in [0.2, 0.25) is 0 Å². The van der Waals surface area contributed by atoms with Crippen molar-refractivity contribution in [3.05, 3.63) is 56.2 Å². The molecule has 3 heteroatoms. The van der Waals surface area contributed by atoms with Crippen molar-refractivity contribution in [3.63, 3.8) is 0 Å². The number of benzene rings is 1. The summed E-state index contributed by atoms with van der Waals surface area (Å²) in [5.41, 5.74) is 2.47. The molecule has 1 N–H and O–H groups in total. The van der Waals surface area contributed by atoms with Crippen molar-refractivity contribution in [2.75, 3.05) is 7.05 Å². The minimum atomic E-state index is 0.321. The molecular formula is C16H20ClNS. The summed E-state index contributed by atoms with van der Waals surface area (Å²) >= 11 is 8.13. The Bertz CT molecular complexity index is 547. The van der Waals surface area contributed by atoms with Crippen LogP contribution in [0, 0.1) is 6.92 Å². The molecule has 0 fully saturated rings. The van der Waals surface area contributed by atoms with E-state index in [1.807, 2.05) is 30.5 Å². The number of thiophene rings is 1. The van der Waals surface area contributed by atoms with E-state index >= 15 is 0 Å². The smallest absolute Gasteiger partial charge is 0.0438 e. The standard InChI is InChI=1S/C16H20ClNS/c1-4-12-8-9-13(19-12)10-16(18-3)14-6-5-7-15(17)11(14)2/h5-9,16,18H,4,10H2,1-3H3. The number of halogens is 1. The van der Waals surface area contributed by atoms with Gasteiger partial charge in [-0.15, -0.1) is 11.3 Å². The summed E-state index contributed by atoms with van der Waals surface area (Å²) in [5, 5.41) is 4.26. The number of rotatable bonds is 5. The Hall–Kier alpha value is -0.830. The minimum absolute atomic E-state index is 0.321. The van der Waals surface area contributed by atoms with E-state index in [0.29, 0.717) is 6.04 Å². The molecule has 1 aromatic heterocycles. The van der Waals surface area contributed by atoms with Crippen LogP contribution in [0.15, 0.2) is 30.3 Å². The molecule has 0 bridgehead atoms. The van der Waals surface area contributed by atoms with E-state index in [4.69, 9.17) is 11.6 Å². The van der Waals surface area contributed by atoms with Crippen molar-refractivity contribution in [2.24, 2.45) is 0 Å². The molecule has 1 atom stereocenters. The molecule has 1 aromatic carbocycles. The first-order chi connectivity index (χ1) is 9.15. The van der Waals surface area contributed by atoms with E-state index in [-0.39, 0.29) is 0 Å². The third-order valence-corrected chi connectivity index (χ3v) is 5.17. The van der Waals surface area contributed by atoms with Crippen molar-refractivity contribution in [1.82, 2.24) is 5.32 Å². The predicted molar refractivity (Wildman–Crippen MR) is 85.4 cm³/mol. The number of nitrogens with one attached hydrogen (secondary N) is 1. The lowest BCUT2D eigenvalue weighted by atomic mass is 9.98. The maximum absolute atomic E-state index is 6.22. The lowest BCUT2D eigenvalue weighted by Crippen LogP contribution is -2.19. The highest BCUT2D eigenvalue weighted by molar-refractivity contribution is 7.11. The average Bonchev–Trinajstić information content (AvgIpc) is 2.87. The molecule has 0 saturated carbocycles. The Balaban J connectivity index is 2.22. The Kier molecular flexibility index (Phi) is 5.03. The fourth-order valence-electron chi connectivity index (χ4n) is 2.29. The van der Waals surface area contributed by atoms with Gasteiger partial charge in [0, 0.05) is 27.2 Å². The second kappa shape index (κ2) is 6.56. The van der Waals surface area contributed by atoms with Gasteiger partial charge >= 0.3 is 0 Å². The molecule has 2 rings (SSSR count). The van der Waals surface area contributed by atoms with E-state index in [9.17, 15) is 0 Å². The van der Waals surface area contributed by atoms with Crippen LogP contribution in [0.1, 0.15) is 33.8 Å². The van der Waals surface area contributed by atoms with Crippen molar-refractivity contribution in [3.8, 4) is 0 Å². The van der Waals surface area contributed by atoms with Crippen molar-refractivity contribution >= 4 is 22.9 Å². The fraction of sp³-hybridized carbons (Fsp3) is 0.375. The highest BCUT2D eigenvalue weighted by Crippen LogP contribution is 2.28. The third kappa shape index (κ3) is 3.38. The highest BCUT2D eigenvalue weighted by Gasteiger charge is 2.14. The Labute approximate surface area is 124 Å². The molecule has 1 heterocycles. The Morgan fingerprint density at radius 3 is 2.58 bits per heavy atom. The van der Waals surface area contributed by atoms with Crippen LogP contribution >= 0.6 is 22.9 Å². The van der Waals surface area contributed by atoms with Gasteiger partial charge in [0.15, 0.2) is 0 Å². The molecule has 0 spiro atoms. The largest absolute Gasteiger partial charge is 0.313 e. The van der Waals surface area contributed by atoms with Crippen molar-refractivity contribution in [1.29, 1.82) is 0 Å². The van der Waals surface area contributed by atoms with Gasteiger partial charge < -0.3 is 5.32 Å². The summed E-state index contributed by atoms with van der Waals surface area (Å²) in [5.74, 6) is 0. The van der Waals surface area contributed by atoms with Gasteiger partial charge in [0.1, 0.15) is 0 Å². The van der Waals surface area contributed by atoms with Crippen LogP contribution < -0.4 is 5.32 Å². The van der Waals surface area contributed by atoms with Gasteiger partial charge in [-0.1, -0.05) is 30.7 Å². The molecule has 0 amide bonds. The van der Waals surface area contributed by atoms with Gasteiger partial charge in [0.25, 0.3) is 0 Å². The van der Waals surface area contributed by atoms with E-state index < -0.39 is 0 Å². The quantitative estimate of drug-likeness (QED) is 0.837. The number of hydrogen-bond acceptors (Lipinski definition) is 2. The average molecular weight is 294 g/mol. The SMILES string of the molecule is CCc1ccc(CC(NC)c2cccc(Cl)c2C)s1. The fourth-order valence-corrected chi connectivity index (χ4v) is 3.48. The Morgan fingerprint density at radius 1 is 1.21 bits per heavy atom. The first-order valence-electron chi connectivity index (χ1n) is 6.65. The summed E-state index contributed by atoms with van der Waals surface area (Å²) in [6.07, 6.45) is 2.13. The second-order valence-electron chi connectivity index (χ2n) is 4.72. The first kappa shape index (κ1) is 14.6. The van der Waals surface area contributed by atoms with Crippen LogP contribution in [-0.2, 0) is 12.8 Å². The van der Waals surface area contributed by atoms with Crippen LogP contribution in [0.25, 0.3) is 0 Å². The summed E-state index contributed by atoms with van der Waals surface area (Å²) in [7, 11) is 2.01. The van der Waals surface area contributed by atoms with Gasteiger partial charge in [-0.2, -0.15) is 0 Å².